The van der Waals surface area contributed by atoms with Gasteiger partial charge < -0.3 is 29.1 Å². The maximum Gasteiger partial charge on any atom is 0.573 e. The minimum absolute atomic E-state index is 0.214. The van der Waals surface area contributed by atoms with Crippen molar-refractivity contribution in [1.29, 1.82) is 0 Å². The van der Waals surface area contributed by atoms with Gasteiger partial charge in [0.2, 0.25) is 0 Å². The zero-order chi connectivity index (χ0) is 26.7. The molecule has 0 saturated carbocycles. The molecule has 1 aromatic heterocycles. The molecule has 0 unspecified atom stereocenters. The number of nitro groups is 1. The number of aromatic nitrogens is 2. The van der Waals surface area contributed by atoms with Crippen LogP contribution in [-0.2, 0) is 17.9 Å². The Morgan fingerprint density at radius 1 is 0.947 bits per heavy atom. The van der Waals surface area contributed by atoms with E-state index < -0.39 is 11.3 Å². The van der Waals surface area contributed by atoms with E-state index in [0.717, 1.165) is 16.7 Å². The summed E-state index contributed by atoms with van der Waals surface area (Å²) < 4.78 is 59.4. The third kappa shape index (κ3) is 6.21. The van der Waals surface area contributed by atoms with E-state index in [4.69, 9.17) is 14.2 Å². The Kier molecular flexibility index (Phi) is 6.88. The highest BCUT2D eigenvalue weighted by molar-refractivity contribution is 5.64. The van der Waals surface area contributed by atoms with Crippen LogP contribution in [0.4, 0.5) is 19.0 Å². The van der Waals surface area contributed by atoms with Crippen LogP contribution in [0.5, 0.6) is 23.3 Å². The summed E-state index contributed by atoms with van der Waals surface area (Å²) in [6, 6.07) is 20.5. The van der Waals surface area contributed by atoms with Gasteiger partial charge >= 0.3 is 18.2 Å². The smallest absolute Gasteiger partial charge is 0.457 e. The number of hydrogen-bond acceptors (Lipinski definition) is 7. The second-order valence-corrected chi connectivity index (χ2v) is 8.38. The van der Waals surface area contributed by atoms with Crippen LogP contribution < -0.4 is 14.2 Å². The Labute approximate surface area is 214 Å². The van der Waals surface area contributed by atoms with Gasteiger partial charge in [0.15, 0.2) is 0 Å². The van der Waals surface area contributed by atoms with Crippen molar-refractivity contribution in [3.63, 3.8) is 0 Å². The van der Waals surface area contributed by atoms with Crippen molar-refractivity contribution in [1.82, 2.24) is 9.55 Å². The molecule has 4 aromatic rings. The fourth-order valence-corrected chi connectivity index (χ4v) is 3.83. The second-order valence-electron chi connectivity index (χ2n) is 8.38. The van der Waals surface area contributed by atoms with Crippen LogP contribution in [0, 0.1) is 10.1 Å². The van der Waals surface area contributed by atoms with Gasteiger partial charge in [0.1, 0.15) is 36.2 Å². The van der Waals surface area contributed by atoms with Crippen molar-refractivity contribution in [2.75, 3.05) is 6.61 Å². The van der Waals surface area contributed by atoms with E-state index in [9.17, 15) is 23.3 Å². The third-order valence-electron chi connectivity index (χ3n) is 5.63. The summed E-state index contributed by atoms with van der Waals surface area (Å²) in [7, 11) is 0. The summed E-state index contributed by atoms with van der Waals surface area (Å²) in [5.41, 5.74) is 2.88. The van der Waals surface area contributed by atoms with E-state index in [0.29, 0.717) is 24.7 Å². The lowest BCUT2D eigenvalue weighted by Crippen LogP contribution is -2.32. The lowest BCUT2D eigenvalue weighted by atomic mass is 10.0. The number of ether oxygens (including phenoxy) is 4. The average molecular weight is 527 g/mol. The molecular formula is C26H20F3N3O6. The Bertz CT molecular complexity index is 1400. The van der Waals surface area contributed by atoms with Crippen LogP contribution in [0.15, 0.2) is 79.0 Å². The molecule has 0 amide bonds. The Morgan fingerprint density at radius 2 is 1.53 bits per heavy atom. The molecule has 0 saturated heterocycles. The van der Waals surface area contributed by atoms with E-state index in [-0.39, 0.29) is 30.3 Å². The number of halogens is 3. The van der Waals surface area contributed by atoms with Crippen molar-refractivity contribution in [2.45, 2.75) is 25.6 Å². The average Bonchev–Trinajstić information content (AvgIpc) is 3.33. The van der Waals surface area contributed by atoms with Gasteiger partial charge in [-0.15, -0.1) is 13.2 Å². The first kappa shape index (κ1) is 25.1. The maximum atomic E-state index is 12.3. The van der Waals surface area contributed by atoms with E-state index in [1.807, 2.05) is 36.4 Å². The number of rotatable bonds is 8. The number of fused-ring (bicyclic) bond motifs is 1. The number of benzene rings is 3. The highest BCUT2D eigenvalue weighted by Gasteiger charge is 2.31. The first-order chi connectivity index (χ1) is 18.2. The first-order valence-electron chi connectivity index (χ1n) is 11.4. The fourth-order valence-electron chi connectivity index (χ4n) is 3.83. The van der Waals surface area contributed by atoms with Crippen LogP contribution >= 0.6 is 0 Å². The van der Waals surface area contributed by atoms with Gasteiger partial charge in [-0.05, 0) is 58.0 Å². The molecule has 38 heavy (non-hydrogen) atoms. The van der Waals surface area contributed by atoms with Gasteiger partial charge in [-0.1, -0.05) is 36.4 Å². The molecular weight excluding hydrogens is 507 g/mol. The van der Waals surface area contributed by atoms with Gasteiger partial charge in [-0.2, -0.15) is 0 Å². The van der Waals surface area contributed by atoms with Crippen molar-refractivity contribution in [2.24, 2.45) is 0 Å². The molecule has 0 radical (unpaired) electrons. The van der Waals surface area contributed by atoms with E-state index in [1.54, 1.807) is 16.7 Å². The monoisotopic (exact) mass is 527 g/mol. The minimum Gasteiger partial charge on any atom is -0.457 e. The van der Waals surface area contributed by atoms with Gasteiger partial charge in [-0.25, -0.2) is 0 Å². The molecule has 0 fully saturated rings. The van der Waals surface area contributed by atoms with Crippen molar-refractivity contribution >= 4 is 5.82 Å². The molecule has 0 N–H and O–H groups in total. The van der Waals surface area contributed by atoms with Crippen LogP contribution in [0.1, 0.15) is 5.56 Å². The van der Waals surface area contributed by atoms with Gasteiger partial charge in [-0.3, -0.25) is 4.57 Å². The van der Waals surface area contributed by atoms with E-state index in [1.165, 1.54) is 30.5 Å². The number of imidazole rings is 1. The molecule has 0 spiro atoms. The van der Waals surface area contributed by atoms with Crippen molar-refractivity contribution in [3.8, 4) is 34.4 Å². The topological polar surface area (TPSA) is 97.9 Å². The standard InChI is InChI=1S/C26H20F3N3O6/c27-26(28,29)38-22-11-9-21(10-12-22)37-20-7-5-19(6-8-20)18-3-1-17(2-4-18)15-35-23-13-31-14-24(32(33)34)30-25(31)36-16-23/h1-12,14,23H,13,15-16H2/t23-/m0/s1. The van der Waals surface area contributed by atoms with Crippen LogP contribution in [0.25, 0.3) is 11.1 Å². The van der Waals surface area contributed by atoms with Crippen LogP contribution in [-0.4, -0.2) is 33.5 Å². The lowest BCUT2D eigenvalue weighted by Gasteiger charge is -2.22. The molecule has 1 aliphatic heterocycles. The number of nitrogens with zero attached hydrogens (tertiary/aromatic N) is 3. The summed E-state index contributed by atoms with van der Waals surface area (Å²) in [5, 5.41) is 10.9. The summed E-state index contributed by atoms with van der Waals surface area (Å²) in [4.78, 5) is 14.1. The number of alkyl halides is 3. The summed E-state index contributed by atoms with van der Waals surface area (Å²) in [5.74, 6) is 0.330. The maximum absolute atomic E-state index is 12.3. The SMILES string of the molecule is O=[N+]([O-])c1cn2c(n1)OC[C@@H](OCc1ccc(-c3ccc(Oc4ccc(OC(F)(F)F)cc4)cc3)cc1)C2. The highest BCUT2D eigenvalue weighted by atomic mass is 19.4. The van der Waals surface area contributed by atoms with Gasteiger partial charge in [0.25, 0.3) is 0 Å². The molecule has 2 heterocycles. The largest absolute Gasteiger partial charge is 0.573 e. The molecule has 1 atom stereocenters. The molecule has 5 rings (SSSR count). The van der Waals surface area contributed by atoms with Crippen LogP contribution in [0.3, 0.4) is 0 Å². The van der Waals surface area contributed by atoms with E-state index in [2.05, 4.69) is 9.72 Å². The zero-order valence-electron chi connectivity index (χ0n) is 19.6. The summed E-state index contributed by atoms with van der Waals surface area (Å²) >= 11 is 0. The Hall–Kier alpha value is -4.58. The molecule has 196 valence electrons. The molecule has 1 aliphatic rings. The predicted octanol–water partition coefficient (Wildman–Crippen LogP) is 6.13. The normalized spacial score (nSPS) is 14.9. The molecule has 9 nitrogen and oxygen atoms in total. The van der Waals surface area contributed by atoms with Crippen LogP contribution in [0.2, 0.25) is 0 Å². The van der Waals surface area contributed by atoms with Crippen molar-refractivity contribution in [3.05, 3.63) is 94.7 Å². The Morgan fingerprint density at radius 3 is 2.13 bits per heavy atom. The zero-order valence-corrected chi connectivity index (χ0v) is 19.6. The summed E-state index contributed by atoms with van der Waals surface area (Å²) in [6.07, 6.45) is -3.68. The quantitative estimate of drug-likeness (QED) is 0.201. The van der Waals surface area contributed by atoms with Crippen molar-refractivity contribution < 1.29 is 37.0 Å². The highest BCUT2D eigenvalue weighted by Crippen LogP contribution is 2.29. The summed E-state index contributed by atoms with van der Waals surface area (Å²) in [6.45, 7) is 1.01. The lowest BCUT2D eigenvalue weighted by molar-refractivity contribution is -0.389. The third-order valence-corrected chi connectivity index (χ3v) is 5.63. The van der Waals surface area contributed by atoms with E-state index >= 15 is 0 Å². The molecule has 3 aromatic carbocycles. The minimum atomic E-state index is -4.74. The number of hydrogen-bond donors (Lipinski definition) is 0. The van der Waals surface area contributed by atoms with Gasteiger partial charge in [0.05, 0.1) is 13.2 Å². The fraction of sp³-hybridized carbons (Fsp3) is 0.192. The molecule has 0 aliphatic carbocycles. The predicted molar refractivity (Wildman–Crippen MR) is 128 cm³/mol. The first-order valence-corrected chi connectivity index (χ1v) is 11.4. The Balaban J connectivity index is 1.13. The van der Waals surface area contributed by atoms with Gasteiger partial charge in [0, 0.05) is 4.98 Å². The second kappa shape index (κ2) is 10.4. The molecule has 12 heteroatoms. The molecule has 0 bridgehead atoms.